The topological polar surface area (TPSA) is 83.4 Å². The summed E-state index contributed by atoms with van der Waals surface area (Å²) in [6.45, 7) is 2.72. The van der Waals surface area contributed by atoms with E-state index in [-0.39, 0.29) is 5.15 Å². The standard InChI is InChI=1S/C18H20ClN5O2/c1-25-15-16(19)22-17(23-18(15)24-8-10-26-11-9-24)13-4-2-5-14(12-13)21-7-3-6-20/h2-7,12,20-21H,8-11H2,1H3/b7-3-,20-6?. The van der Waals surface area contributed by atoms with E-state index in [1.54, 1.807) is 19.4 Å². The van der Waals surface area contributed by atoms with Crippen molar-refractivity contribution < 1.29 is 9.47 Å². The minimum absolute atomic E-state index is 0.279. The van der Waals surface area contributed by atoms with E-state index in [1.165, 1.54) is 6.21 Å². The van der Waals surface area contributed by atoms with E-state index in [0.717, 1.165) is 24.3 Å². The van der Waals surface area contributed by atoms with Gasteiger partial charge in [-0.3, -0.25) is 0 Å². The van der Waals surface area contributed by atoms with Gasteiger partial charge in [0.2, 0.25) is 0 Å². The van der Waals surface area contributed by atoms with Crippen molar-refractivity contribution in [2.75, 3.05) is 43.6 Å². The molecule has 0 saturated carbocycles. The lowest BCUT2D eigenvalue weighted by atomic mass is 10.2. The molecule has 0 aliphatic carbocycles. The first-order valence-electron chi connectivity index (χ1n) is 8.19. The van der Waals surface area contributed by atoms with Crippen molar-refractivity contribution in [1.82, 2.24) is 9.97 Å². The van der Waals surface area contributed by atoms with Gasteiger partial charge in [0, 0.05) is 36.8 Å². The van der Waals surface area contributed by atoms with Crippen molar-refractivity contribution in [2.24, 2.45) is 0 Å². The molecule has 2 aromatic rings. The van der Waals surface area contributed by atoms with E-state index in [0.29, 0.717) is 30.6 Å². The number of nitrogens with one attached hydrogen (secondary N) is 2. The lowest BCUT2D eigenvalue weighted by Gasteiger charge is -2.29. The van der Waals surface area contributed by atoms with Gasteiger partial charge in [0.05, 0.1) is 20.3 Å². The Labute approximate surface area is 157 Å². The van der Waals surface area contributed by atoms with Crippen LogP contribution in [-0.4, -0.2) is 49.6 Å². The SMILES string of the molecule is COc1c(Cl)nc(-c2cccc(N/C=C\C=N)c2)nc1N1CCOCC1. The zero-order chi connectivity index (χ0) is 18.4. The highest BCUT2D eigenvalue weighted by Gasteiger charge is 2.22. The quantitative estimate of drug-likeness (QED) is 0.597. The van der Waals surface area contributed by atoms with Crippen LogP contribution >= 0.6 is 11.6 Å². The van der Waals surface area contributed by atoms with Crippen molar-refractivity contribution in [3.8, 4) is 17.1 Å². The van der Waals surface area contributed by atoms with Gasteiger partial charge in [-0.1, -0.05) is 23.7 Å². The molecule has 1 aliphatic rings. The number of halogens is 1. The van der Waals surface area contributed by atoms with Gasteiger partial charge in [-0.15, -0.1) is 0 Å². The monoisotopic (exact) mass is 373 g/mol. The molecule has 8 heteroatoms. The molecular weight excluding hydrogens is 354 g/mol. The predicted molar refractivity (Wildman–Crippen MR) is 104 cm³/mol. The Hall–Kier alpha value is -2.64. The Morgan fingerprint density at radius 1 is 1.31 bits per heavy atom. The molecule has 0 bridgehead atoms. The number of hydrogen-bond donors (Lipinski definition) is 2. The van der Waals surface area contributed by atoms with Crippen LogP contribution in [0.15, 0.2) is 36.5 Å². The zero-order valence-corrected chi connectivity index (χ0v) is 15.2. The maximum atomic E-state index is 7.02. The molecule has 1 saturated heterocycles. The molecule has 7 nitrogen and oxygen atoms in total. The van der Waals surface area contributed by atoms with Gasteiger partial charge in [-0.05, 0) is 18.2 Å². The van der Waals surface area contributed by atoms with E-state index in [9.17, 15) is 0 Å². The summed E-state index contributed by atoms with van der Waals surface area (Å²) in [5.74, 6) is 1.67. The fraction of sp³-hybridized carbons (Fsp3) is 0.278. The number of allylic oxidation sites excluding steroid dienone is 1. The maximum absolute atomic E-state index is 7.02. The Kier molecular flexibility index (Phi) is 6.04. The van der Waals surface area contributed by atoms with E-state index >= 15 is 0 Å². The minimum Gasteiger partial charge on any atom is -0.490 e. The average Bonchev–Trinajstić information content (AvgIpc) is 2.68. The molecule has 0 amide bonds. The van der Waals surface area contributed by atoms with Crippen LogP contribution in [0.2, 0.25) is 5.15 Å². The minimum atomic E-state index is 0.279. The van der Waals surface area contributed by atoms with Crippen molar-refractivity contribution in [3.05, 3.63) is 41.7 Å². The summed E-state index contributed by atoms with van der Waals surface area (Å²) in [4.78, 5) is 11.2. The summed E-state index contributed by atoms with van der Waals surface area (Å²) in [6, 6.07) is 7.68. The van der Waals surface area contributed by atoms with Gasteiger partial charge in [0.1, 0.15) is 0 Å². The fourth-order valence-electron chi connectivity index (χ4n) is 2.65. The lowest BCUT2D eigenvalue weighted by Crippen LogP contribution is -2.37. The molecule has 0 unspecified atom stereocenters. The smallest absolute Gasteiger partial charge is 0.199 e. The molecule has 1 aromatic carbocycles. The molecule has 0 atom stereocenters. The summed E-state index contributed by atoms with van der Waals surface area (Å²) in [5, 5.41) is 10.4. The number of anilines is 2. The molecule has 1 fully saturated rings. The summed E-state index contributed by atoms with van der Waals surface area (Å²) in [6.07, 6.45) is 4.49. The molecule has 3 rings (SSSR count). The number of morpholine rings is 1. The number of hydrogen-bond acceptors (Lipinski definition) is 7. The summed E-state index contributed by atoms with van der Waals surface area (Å²) in [5.41, 5.74) is 1.70. The second-order valence-electron chi connectivity index (χ2n) is 5.55. The zero-order valence-electron chi connectivity index (χ0n) is 14.4. The third kappa shape index (κ3) is 4.12. The summed E-state index contributed by atoms with van der Waals surface area (Å²) >= 11 is 6.36. The van der Waals surface area contributed by atoms with Crippen LogP contribution in [-0.2, 0) is 4.74 Å². The van der Waals surface area contributed by atoms with E-state index in [2.05, 4.69) is 15.2 Å². The predicted octanol–water partition coefficient (Wildman–Crippen LogP) is 3.22. The van der Waals surface area contributed by atoms with Crippen LogP contribution in [0.3, 0.4) is 0 Å². The summed E-state index contributed by atoms with van der Waals surface area (Å²) < 4.78 is 10.8. The molecule has 2 N–H and O–H groups in total. The molecule has 2 heterocycles. The second-order valence-corrected chi connectivity index (χ2v) is 5.90. The highest BCUT2D eigenvalue weighted by Crippen LogP contribution is 2.35. The average molecular weight is 374 g/mol. The van der Waals surface area contributed by atoms with Gasteiger partial charge in [-0.2, -0.15) is 0 Å². The van der Waals surface area contributed by atoms with Gasteiger partial charge in [0.15, 0.2) is 22.5 Å². The number of methoxy groups -OCH3 is 1. The number of aromatic nitrogens is 2. The highest BCUT2D eigenvalue weighted by atomic mass is 35.5. The third-order valence-corrected chi connectivity index (χ3v) is 4.14. The Morgan fingerprint density at radius 2 is 2.12 bits per heavy atom. The highest BCUT2D eigenvalue weighted by molar-refractivity contribution is 6.31. The first-order chi connectivity index (χ1) is 12.7. The molecule has 0 spiro atoms. The lowest BCUT2D eigenvalue weighted by molar-refractivity contribution is 0.122. The van der Waals surface area contributed by atoms with Crippen molar-refractivity contribution in [2.45, 2.75) is 0 Å². The number of benzene rings is 1. The second kappa shape index (κ2) is 8.64. The van der Waals surface area contributed by atoms with E-state index < -0.39 is 0 Å². The van der Waals surface area contributed by atoms with Crippen molar-refractivity contribution >= 4 is 29.3 Å². The maximum Gasteiger partial charge on any atom is 0.199 e. The van der Waals surface area contributed by atoms with Crippen molar-refractivity contribution in [3.63, 3.8) is 0 Å². The molecule has 0 radical (unpaired) electrons. The van der Waals surface area contributed by atoms with Crippen LogP contribution in [0.1, 0.15) is 0 Å². The van der Waals surface area contributed by atoms with Gasteiger partial charge >= 0.3 is 0 Å². The Morgan fingerprint density at radius 3 is 2.85 bits per heavy atom. The summed E-state index contributed by atoms with van der Waals surface area (Å²) in [7, 11) is 1.56. The first kappa shape index (κ1) is 18.2. The van der Waals surface area contributed by atoms with Crippen LogP contribution in [0.5, 0.6) is 5.75 Å². The van der Waals surface area contributed by atoms with Crippen LogP contribution < -0.4 is 15.0 Å². The normalized spacial score (nSPS) is 14.5. The Bertz CT molecular complexity index is 806. The number of ether oxygens (including phenoxy) is 2. The van der Waals surface area contributed by atoms with Gasteiger partial charge < -0.3 is 25.1 Å². The fourth-order valence-corrected chi connectivity index (χ4v) is 2.89. The Balaban J connectivity index is 1.97. The first-order valence-corrected chi connectivity index (χ1v) is 8.57. The molecule has 1 aliphatic heterocycles. The van der Waals surface area contributed by atoms with Gasteiger partial charge in [0.25, 0.3) is 0 Å². The molecule has 136 valence electrons. The largest absolute Gasteiger partial charge is 0.490 e. The molecular formula is C18H20ClN5O2. The van der Waals surface area contributed by atoms with E-state index in [1.807, 2.05) is 24.3 Å². The number of rotatable bonds is 6. The third-order valence-electron chi connectivity index (χ3n) is 3.88. The van der Waals surface area contributed by atoms with Crippen molar-refractivity contribution in [1.29, 1.82) is 5.41 Å². The molecule has 26 heavy (non-hydrogen) atoms. The van der Waals surface area contributed by atoms with Crippen LogP contribution in [0, 0.1) is 5.41 Å². The van der Waals surface area contributed by atoms with Crippen LogP contribution in [0.4, 0.5) is 11.5 Å². The molecule has 1 aromatic heterocycles. The van der Waals surface area contributed by atoms with Gasteiger partial charge in [-0.25, -0.2) is 9.97 Å². The number of nitrogens with zero attached hydrogens (tertiary/aromatic N) is 3. The van der Waals surface area contributed by atoms with E-state index in [4.69, 9.17) is 31.5 Å². The van der Waals surface area contributed by atoms with Crippen LogP contribution in [0.25, 0.3) is 11.4 Å².